The van der Waals surface area contributed by atoms with Crippen molar-refractivity contribution in [3.8, 4) is 11.8 Å². The van der Waals surface area contributed by atoms with Crippen molar-refractivity contribution in [2.24, 2.45) is 0 Å². The molecule has 0 unspecified atom stereocenters. The van der Waals surface area contributed by atoms with Gasteiger partial charge >= 0.3 is 0 Å². The molecule has 0 fully saturated rings. The Morgan fingerprint density at radius 1 is 0.750 bits per heavy atom. The third-order valence-corrected chi connectivity index (χ3v) is 6.84. The monoisotopic (exact) mass is 486 g/mol. The van der Waals surface area contributed by atoms with Crippen LogP contribution in [0.2, 0.25) is 0 Å². The zero-order valence-electron chi connectivity index (χ0n) is 22.0. The molecule has 0 bridgehead atoms. The quantitative estimate of drug-likeness (QED) is 0.215. The normalized spacial score (nSPS) is 12.0. The molecular weight excluding hydrogens is 444 g/mol. The number of unbranched alkanes of at least 4 members (excludes halogenated alkanes) is 10. The van der Waals surface area contributed by atoms with E-state index in [0.29, 0.717) is 19.5 Å². The molecule has 4 nitrogen and oxygen atoms in total. The summed E-state index contributed by atoms with van der Waals surface area (Å²) in [6.45, 7) is 3.10. The van der Waals surface area contributed by atoms with E-state index in [1.807, 2.05) is 48.5 Å². The summed E-state index contributed by atoms with van der Waals surface area (Å²) in [5.41, 5.74) is 3.66. The van der Waals surface area contributed by atoms with Crippen LogP contribution in [0.3, 0.4) is 0 Å². The lowest BCUT2D eigenvalue weighted by atomic mass is 10.0. The zero-order chi connectivity index (χ0) is 25.4. The summed E-state index contributed by atoms with van der Waals surface area (Å²) in [7, 11) is 0. The van der Waals surface area contributed by atoms with Gasteiger partial charge in [-0.25, -0.2) is 0 Å². The van der Waals surface area contributed by atoms with Gasteiger partial charge in [0, 0.05) is 30.5 Å². The van der Waals surface area contributed by atoms with Gasteiger partial charge in [0.15, 0.2) is 0 Å². The van der Waals surface area contributed by atoms with Gasteiger partial charge in [-0.05, 0) is 30.2 Å². The molecule has 0 saturated carbocycles. The zero-order valence-corrected chi connectivity index (χ0v) is 22.0. The maximum atomic E-state index is 13.2. The Balaban J connectivity index is 1.35. The van der Waals surface area contributed by atoms with Gasteiger partial charge in [-0.2, -0.15) is 0 Å². The van der Waals surface area contributed by atoms with E-state index in [0.717, 1.165) is 35.2 Å². The maximum Gasteiger partial charge on any atom is 0.229 e. The summed E-state index contributed by atoms with van der Waals surface area (Å²) in [6, 6.07) is 15.7. The molecule has 1 aliphatic heterocycles. The largest absolute Gasteiger partial charge is 0.356 e. The molecule has 1 aliphatic rings. The van der Waals surface area contributed by atoms with Crippen molar-refractivity contribution < 1.29 is 9.59 Å². The summed E-state index contributed by atoms with van der Waals surface area (Å²) in [6.07, 6.45) is 14.8. The summed E-state index contributed by atoms with van der Waals surface area (Å²) < 4.78 is 0. The van der Waals surface area contributed by atoms with E-state index in [9.17, 15) is 9.59 Å². The summed E-state index contributed by atoms with van der Waals surface area (Å²) in [4.78, 5) is 27.3. The number of hydrogen-bond acceptors (Lipinski definition) is 2. The fourth-order valence-corrected chi connectivity index (χ4v) is 4.69. The van der Waals surface area contributed by atoms with Gasteiger partial charge in [0.05, 0.1) is 12.2 Å². The number of para-hydroxylation sites is 1. The summed E-state index contributed by atoms with van der Waals surface area (Å²) >= 11 is 0. The minimum atomic E-state index is -0.00375. The third-order valence-electron chi connectivity index (χ3n) is 6.84. The van der Waals surface area contributed by atoms with Crippen molar-refractivity contribution >= 4 is 17.5 Å². The summed E-state index contributed by atoms with van der Waals surface area (Å²) in [5.74, 6) is 6.50. The fourth-order valence-electron chi connectivity index (χ4n) is 4.69. The lowest BCUT2D eigenvalue weighted by Crippen LogP contribution is -2.35. The fraction of sp³-hybridized carbons (Fsp3) is 0.500. The molecule has 0 radical (unpaired) electrons. The van der Waals surface area contributed by atoms with E-state index < -0.39 is 0 Å². The molecule has 36 heavy (non-hydrogen) atoms. The lowest BCUT2D eigenvalue weighted by Gasteiger charge is -2.26. The van der Waals surface area contributed by atoms with Crippen LogP contribution in [0.25, 0.3) is 0 Å². The number of nitrogens with zero attached hydrogens (tertiary/aromatic N) is 1. The van der Waals surface area contributed by atoms with Crippen LogP contribution in [0, 0.1) is 11.8 Å². The van der Waals surface area contributed by atoms with Crippen LogP contribution >= 0.6 is 0 Å². The first-order valence-corrected chi connectivity index (χ1v) is 13.9. The number of anilines is 1. The van der Waals surface area contributed by atoms with Crippen LogP contribution in [0.4, 0.5) is 5.69 Å². The predicted molar refractivity (Wildman–Crippen MR) is 149 cm³/mol. The van der Waals surface area contributed by atoms with Crippen molar-refractivity contribution in [2.75, 3.05) is 11.4 Å². The third kappa shape index (κ3) is 9.19. The van der Waals surface area contributed by atoms with Gasteiger partial charge in [-0.1, -0.05) is 113 Å². The molecule has 2 amide bonds. The minimum absolute atomic E-state index is 0.00375. The number of carbonyl (C=O) groups excluding carboxylic acids is 2. The van der Waals surface area contributed by atoms with Gasteiger partial charge in [-0.3, -0.25) is 9.59 Å². The molecule has 0 spiro atoms. The van der Waals surface area contributed by atoms with E-state index in [2.05, 4.69) is 24.1 Å². The minimum Gasteiger partial charge on any atom is -0.356 e. The smallest absolute Gasteiger partial charge is 0.229 e. The Morgan fingerprint density at radius 3 is 2.06 bits per heavy atom. The van der Waals surface area contributed by atoms with E-state index in [1.165, 1.54) is 57.8 Å². The molecule has 1 N–H and O–H groups in total. The van der Waals surface area contributed by atoms with Crippen LogP contribution in [0.1, 0.15) is 107 Å². The number of nitrogens with one attached hydrogen (secondary N) is 1. The molecule has 2 aromatic rings. The molecule has 1 heterocycles. The molecular formula is C32H42N2O2. The van der Waals surface area contributed by atoms with Crippen LogP contribution in [0.15, 0.2) is 48.5 Å². The molecule has 0 atom stereocenters. The van der Waals surface area contributed by atoms with Gasteiger partial charge in [0.1, 0.15) is 0 Å². The van der Waals surface area contributed by atoms with Crippen LogP contribution in [-0.4, -0.2) is 18.4 Å². The average Bonchev–Trinajstić information content (AvgIpc) is 2.88. The number of carbonyl (C=O) groups is 2. The highest BCUT2D eigenvalue weighted by Crippen LogP contribution is 2.25. The van der Waals surface area contributed by atoms with Crippen molar-refractivity contribution in [2.45, 2.75) is 96.9 Å². The van der Waals surface area contributed by atoms with Crippen molar-refractivity contribution in [1.82, 2.24) is 5.32 Å². The molecule has 3 rings (SSSR count). The first-order valence-electron chi connectivity index (χ1n) is 13.9. The molecule has 2 aromatic carbocycles. The number of rotatable bonds is 15. The number of hydrogen-bond donors (Lipinski definition) is 1. The lowest BCUT2D eigenvalue weighted by molar-refractivity contribution is -0.121. The Bertz CT molecular complexity index is 1030. The van der Waals surface area contributed by atoms with Crippen molar-refractivity contribution in [3.05, 3.63) is 65.2 Å². The van der Waals surface area contributed by atoms with Crippen LogP contribution in [0.5, 0.6) is 0 Å². The Morgan fingerprint density at radius 2 is 1.33 bits per heavy atom. The van der Waals surface area contributed by atoms with Crippen molar-refractivity contribution in [3.63, 3.8) is 0 Å². The van der Waals surface area contributed by atoms with Gasteiger partial charge in [0.25, 0.3) is 0 Å². The Hall–Kier alpha value is -3.06. The number of amides is 2. The van der Waals surface area contributed by atoms with E-state index in [1.54, 1.807) is 4.90 Å². The van der Waals surface area contributed by atoms with Crippen LogP contribution < -0.4 is 10.2 Å². The predicted octanol–water partition coefficient (Wildman–Crippen LogP) is 7.14. The van der Waals surface area contributed by atoms with E-state index >= 15 is 0 Å². The Kier molecular flexibility index (Phi) is 12.1. The highest BCUT2D eigenvalue weighted by atomic mass is 16.2. The second-order valence-electron chi connectivity index (χ2n) is 9.79. The summed E-state index contributed by atoms with van der Waals surface area (Å²) in [5, 5.41) is 2.94. The molecule has 0 saturated heterocycles. The molecule has 0 aromatic heterocycles. The molecule has 0 aliphatic carbocycles. The van der Waals surface area contributed by atoms with Crippen LogP contribution in [-0.2, 0) is 16.1 Å². The standard InChI is InChI=1S/C32H42N2O2/c1-2-3-4-5-6-7-8-9-10-11-12-21-31(35)33-25-24-32(36)34-26-29-19-14-13-17-27(29)22-23-28-18-15-16-20-30(28)34/h13-20H,2-12,21,24-26H2,1H3,(H,33,35). The van der Waals surface area contributed by atoms with Gasteiger partial charge < -0.3 is 10.2 Å². The highest BCUT2D eigenvalue weighted by Gasteiger charge is 2.21. The Labute approximate surface area is 217 Å². The number of fused-ring (bicyclic) bond motifs is 2. The first kappa shape index (κ1) is 27.5. The van der Waals surface area contributed by atoms with Gasteiger partial charge in [0.2, 0.25) is 11.8 Å². The maximum absolute atomic E-state index is 13.2. The second-order valence-corrected chi connectivity index (χ2v) is 9.79. The molecule has 192 valence electrons. The van der Waals surface area contributed by atoms with E-state index in [-0.39, 0.29) is 18.2 Å². The first-order chi connectivity index (χ1) is 17.7. The van der Waals surface area contributed by atoms with Crippen molar-refractivity contribution in [1.29, 1.82) is 0 Å². The number of benzene rings is 2. The highest BCUT2D eigenvalue weighted by molar-refractivity contribution is 5.95. The average molecular weight is 487 g/mol. The molecule has 4 heteroatoms. The topological polar surface area (TPSA) is 49.4 Å². The second kappa shape index (κ2) is 15.8. The van der Waals surface area contributed by atoms with Gasteiger partial charge in [-0.15, -0.1) is 0 Å². The van der Waals surface area contributed by atoms with E-state index in [4.69, 9.17) is 0 Å². The SMILES string of the molecule is CCCCCCCCCCCCCC(=O)NCCC(=O)N1Cc2ccccc2C#Cc2ccccc21.